The van der Waals surface area contributed by atoms with Crippen molar-refractivity contribution in [3.05, 3.63) is 9.98 Å². The van der Waals surface area contributed by atoms with Gasteiger partial charge in [-0.2, -0.15) is 0 Å². The number of aromatic nitrogens is 1. The molecule has 1 N–H and O–H groups in total. The fraction of sp³-hybridized carbons (Fsp3) is 0.571. The second kappa shape index (κ2) is 3.91. The lowest BCUT2D eigenvalue weighted by atomic mass is 10.4. The van der Waals surface area contributed by atoms with Crippen LogP contribution in [0.5, 0.6) is 0 Å². The van der Waals surface area contributed by atoms with E-state index in [0.717, 1.165) is 15.5 Å². The number of aliphatic hydroxyl groups excluding tert-OH is 1. The van der Waals surface area contributed by atoms with E-state index in [-0.39, 0.29) is 12.7 Å². The molecule has 1 saturated heterocycles. The molecule has 0 saturated carbocycles. The molecule has 1 aliphatic rings. The molecule has 0 amide bonds. The fourth-order valence-corrected chi connectivity index (χ4v) is 2.36. The molecule has 2 rings (SSSR count). The van der Waals surface area contributed by atoms with Crippen LogP contribution < -0.4 is 4.90 Å². The third-order valence-electron chi connectivity index (χ3n) is 1.83. The van der Waals surface area contributed by atoms with Crippen molar-refractivity contribution in [1.29, 1.82) is 0 Å². The Morgan fingerprint density at radius 2 is 2.69 bits per heavy atom. The van der Waals surface area contributed by atoms with Crippen molar-refractivity contribution in [2.75, 3.05) is 24.8 Å². The van der Waals surface area contributed by atoms with Gasteiger partial charge in [0.05, 0.1) is 23.1 Å². The van der Waals surface area contributed by atoms with Gasteiger partial charge in [0, 0.05) is 0 Å². The molecule has 4 nitrogen and oxygen atoms in total. The van der Waals surface area contributed by atoms with Crippen LogP contribution in [0.15, 0.2) is 9.98 Å². The molecule has 0 aliphatic carbocycles. The molecule has 0 aromatic carbocycles. The SMILES string of the molecule is OC[C@H]1CN(c2ncc(Br)s2)CO1. The normalized spacial score (nSPS) is 22.6. The van der Waals surface area contributed by atoms with Gasteiger partial charge in [0.2, 0.25) is 0 Å². The van der Waals surface area contributed by atoms with Crippen molar-refractivity contribution in [3.63, 3.8) is 0 Å². The largest absolute Gasteiger partial charge is 0.394 e. The summed E-state index contributed by atoms with van der Waals surface area (Å²) in [6, 6.07) is 0. The number of thiazole rings is 1. The molecular weight excluding hydrogens is 256 g/mol. The highest BCUT2D eigenvalue weighted by Gasteiger charge is 2.24. The highest BCUT2D eigenvalue weighted by molar-refractivity contribution is 9.11. The maximum atomic E-state index is 8.86. The molecule has 13 heavy (non-hydrogen) atoms. The van der Waals surface area contributed by atoms with E-state index in [0.29, 0.717) is 6.73 Å². The molecule has 1 aromatic rings. The topological polar surface area (TPSA) is 45.6 Å². The summed E-state index contributed by atoms with van der Waals surface area (Å²) in [5.41, 5.74) is 0. The summed E-state index contributed by atoms with van der Waals surface area (Å²) in [5.74, 6) is 0. The Hall–Kier alpha value is -0.170. The summed E-state index contributed by atoms with van der Waals surface area (Å²) in [6.07, 6.45) is 1.70. The Morgan fingerprint density at radius 3 is 3.23 bits per heavy atom. The number of hydrogen-bond acceptors (Lipinski definition) is 5. The van der Waals surface area contributed by atoms with Gasteiger partial charge in [-0.3, -0.25) is 0 Å². The average Bonchev–Trinajstić information content (AvgIpc) is 2.71. The van der Waals surface area contributed by atoms with Crippen LogP contribution in [0, 0.1) is 0 Å². The van der Waals surface area contributed by atoms with Crippen LogP contribution in [-0.2, 0) is 4.74 Å². The summed E-state index contributed by atoms with van der Waals surface area (Å²) in [7, 11) is 0. The Balaban J connectivity index is 2.03. The Labute approximate surface area is 88.3 Å². The van der Waals surface area contributed by atoms with Crippen LogP contribution in [0.1, 0.15) is 0 Å². The number of anilines is 1. The van der Waals surface area contributed by atoms with Gasteiger partial charge in [-0.1, -0.05) is 11.3 Å². The maximum absolute atomic E-state index is 8.86. The van der Waals surface area contributed by atoms with Crippen LogP contribution in [0.3, 0.4) is 0 Å². The molecule has 0 bridgehead atoms. The van der Waals surface area contributed by atoms with Crippen molar-refractivity contribution in [2.45, 2.75) is 6.10 Å². The molecule has 2 heterocycles. The van der Waals surface area contributed by atoms with Crippen molar-refractivity contribution in [3.8, 4) is 0 Å². The van der Waals surface area contributed by atoms with Crippen molar-refractivity contribution in [1.82, 2.24) is 4.98 Å². The highest BCUT2D eigenvalue weighted by atomic mass is 79.9. The summed E-state index contributed by atoms with van der Waals surface area (Å²) < 4.78 is 6.31. The molecule has 6 heteroatoms. The molecule has 0 spiro atoms. The van der Waals surface area contributed by atoms with Gasteiger partial charge in [-0.05, 0) is 15.9 Å². The van der Waals surface area contributed by atoms with Gasteiger partial charge in [-0.15, -0.1) is 0 Å². The minimum Gasteiger partial charge on any atom is -0.394 e. The molecule has 0 unspecified atom stereocenters. The summed E-state index contributed by atoms with van der Waals surface area (Å²) in [6.45, 7) is 1.31. The summed E-state index contributed by atoms with van der Waals surface area (Å²) >= 11 is 4.92. The predicted octanol–water partition coefficient (Wildman–Crippen LogP) is 1.06. The standard InChI is InChI=1S/C7H9BrN2O2S/c8-6-1-9-7(13-6)10-2-5(3-11)12-4-10/h1,5,11H,2-4H2/t5-/m1/s1. The maximum Gasteiger partial charge on any atom is 0.188 e. The van der Waals surface area contributed by atoms with Crippen LogP contribution in [0.4, 0.5) is 5.13 Å². The lowest BCUT2D eigenvalue weighted by Gasteiger charge is -2.10. The second-order valence-electron chi connectivity index (χ2n) is 2.77. The van der Waals surface area contributed by atoms with E-state index in [1.165, 1.54) is 0 Å². The molecule has 1 fully saturated rings. The fourth-order valence-electron chi connectivity index (χ4n) is 1.18. The third kappa shape index (κ3) is 2.01. The lowest BCUT2D eigenvalue weighted by Crippen LogP contribution is -2.22. The van der Waals surface area contributed by atoms with Gasteiger partial charge < -0.3 is 14.7 Å². The molecule has 1 aromatic heterocycles. The van der Waals surface area contributed by atoms with E-state index in [1.54, 1.807) is 17.5 Å². The van der Waals surface area contributed by atoms with E-state index in [1.807, 2.05) is 4.90 Å². The van der Waals surface area contributed by atoms with E-state index < -0.39 is 0 Å². The number of hydrogen-bond donors (Lipinski definition) is 1. The molecule has 72 valence electrons. The van der Waals surface area contributed by atoms with Gasteiger partial charge in [-0.25, -0.2) is 4.98 Å². The molecule has 1 atom stereocenters. The minimum absolute atomic E-state index is 0.0670. The molecule has 0 radical (unpaired) electrons. The number of ether oxygens (including phenoxy) is 1. The zero-order chi connectivity index (χ0) is 9.26. The number of rotatable bonds is 2. The van der Waals surface area contributed by atoms with Crippen LogP contribution in [0.2, 0.25) is 0 Å². The van der Waals surface area contributed by atoms with Gasteiger partial charge in [0.15, 0.2) is 5.13 Å². The van der Waals surface area contributed by atoms with E-state index in [2.05, 4.69) is 20.9 Å². The first-order valence-corrected chi connectivity index (χ1v) is 5.49. The second-order valence-corrected chi connectivity index (χ2v) is 5.16. The van der Waals surface area contributed by atoms with Crippen LogP contribution in [-0.4, -0.2) is 36.1 Å². The van der Waals surface area contributed by atoms with E-state index >= 15 is 0 Å². The Bertz CT molecular complexity index is 294. The van der Waals surface area contributed by atoms with Crippen molar-refractivity contribution >= 4 is 32.4 Å². The van der Waals surface area contributed by atoms with Crippen molar-refractivity contribution < 1.29 is 9.84 Å². The molecular formula is C7H9BrN2O2S. The van der Waals surface area contributed by atoms with E-state index in [9.17, 15) is 0 Å². The first-order chi connectivity index (χ1) is 6.29. The third-order valence-corrected chi connectivity index (χ3v) is 3.37. The Kier molecular flexibility index (Phi) is 2.83. The summed E-state index contributed by atoms with van der Waals surface area (Å²) in [4.78, 5) is 6.21. The van der Waals surface area contributed by atoms with Gasteiger partial charge in [0.1, 0.15) is 12.8 Å². The zero-order valence-corrected chi connectivity index (χ0v) is 9.21. The zero-order valence-electron chi connectivity index (χ0n) is 6.81. The Morgan fingerprint density at radius 1 is 1.85 bits per heavy atom. The lowest BCUT2D eigenvalue weighted by molar-refractivity contribution is 0.0645. The van der Waals surface area contributed by atoms with Crippen LogP contribution in [0.25, 0.3) is 0 Å². The first-order valence-electron chi connectivity index (χ1n) is 3.88. The minimum atomic E-state index is -0.0670. The first kappa shape index (κ1) is 9.39. The quantitative estimate of drug-likeness (QED) is 0.868. The van der Waals surface area contributed by atoms with Gasteiger partial charge >= 0.3 is 0 Å². The summed E-state index contributed by atoms with van der Waals surface area (Å²) in [5, 5.41) is 9.79. The highest BCUT2D eigenvalue weighted by Crippen LogP contribution is 2.28. The van der Waals surface area contributed by atoms with Crippen molar-refractivity contribution in [2.24, 2.45) is 0 Å². The predicted molar refractivity (Wildman–Crippen MR) is 54.0 cm³/mol. The average molecular weight is 265 g/mol. The van der Waals surface area contributed by atoms with Gasteiger partial charge in [0.25, 0.3) is 0 Å². The molecule has 1 aliphatic heterocycles. The number of nitrogens with zero attached hydrogens (tertiary/aromatic N) is 2. The number of aliphatic hydroxyl groups is 1. The smallest absolute Gasteiger partial charge is 0.188 e. The van der Waals surface area contributed by atoms with E-state index in [4.69, 9.17) is 9.84 Å². The number of halogens is 1. The van der Waals surface area contributed by atoms with Crippen LogP contribution >= 0.6 is 27.3 Å². The monoisotopic (exact) mass is 264 g/mol.